The molecule has 1 aromatic heterocycles. The molecule has 2 aromatic rings. The number of hydrogen-bond acceptors (Lipinski definition) is 5. The fraction of sp³-hybridized carbons (Fsp3) is 0. The minimum atomic E-state index is -0.797. The predicted octanol–water partition coefficient (Wildman–Crippen LogP) is 2.18. The van der Waals surface area contributed by atoms with Crippen LogP contribution in [0.2, 0.25) is 0 Å². The third-order valence-corrected chi connectivity index (χ3v) is 2.65. The molecule has 0 saturated carbocycles. The molecule has 0 unspecified atom stereocenters. The van der Waals surface area contributed by atoms with E-state index in [1.54, 1.807) is 24.3 Å². The Hall–Kier alpha value is -2.22. The van der Waals surface area contributed by atoms with Crippen molar-refractivity contribution >= 4 is 33.1 Å². The maximum Gasteiger partial charge on any atom is 0.376 e. The maximum absolute atomic E-state index is 11.3. The summed E-state index contributed by atoms with van der Waals surface area (Å²) in [6.45, 7) is 0. The SMILES string of the molecule is O=c1[nH]cnc(Nc2ccc(Br)cc2)c1[N+](=O)[O-]. The van der Waals surface area contributed by atoms with Crippen molar-refractivity contribution in [3.05, 3.63) is 55.5 Å². The van der Waals surface area contributed by atoms with Crippen LogP contribution < -0.4 is 10.9 Å². The van der Waals surface area contributed by atoms with Gasteiger partial charge in [-0.25, -0.2) is 4.98 Å². The summed E-state index contributed by atoms with van der Waals surface area (Å²) in [5.74, 6) is -0.0916. The van der Waals surface area contributed by atoms with E-state index in [0.717, 1.165) is 10.8 Å². The van der Waals surface area contributed by atoms with Gasteiger partial charge in [0.05, 0.1) is 11.3 Å². The van der Waals surface area contributed by atoms with E-state index < -0.39 is 16.2 Å². The molecule has 0 fully saturated rings. The normalized spacial score (nSPS) is 10.1. The molecule has 0 aliphatic rings. The summed E-state index contributed by atoms with van der Waals surface area (Å²) in [6.07, 6.45) is 1.11. The first-order chi connectivity index (χ1) is 8.58. The van der Waals surface area contributed by atoms with E-state index in [4.69, 9.17) is 0 Å². The molecule has 1 aromatic carbocycles. The van der Waals surface area contributed by atoms with Crippen LogP contribution in [0.1, 0.15) is 0 Å². The summed E-state index contributed by atoms with van der Waals surface area (Å²) in [5, 5.41) is 13.5. The van der Waals surface area contributed by atoms with Crippen molar-refractivity contribution in [2.45, 2.75) is 0 Å². The van der Waals surface area contributed by atoms with Crippen LogP contribution in [0.15, 0.2) is 39.9 Å². The zero-order chi connectivity index (χ0) is 13.1. The monoisotopic (exact) mass is 310 g/mol. The molecule has 0 aliphatic heterocycles. The second-order valence-corrected chi connectivity index (χ2v) is 4.23. The standard InChI is InChI=1S/C10H7BrN4O3/c11-6-1-3-7(4-2-6)14-9-8(15(17)18)10(16)13-5-12-9/h1-5H,(H2,12,13,14,16). The first kappa shape index (κ1) is 12.2. The van der Waals surface area contributed by atoms with Crippen molar-refractivity contribution in [1.29, 1.82) is 0 Å². The highest BCUT2D eigenvalue weighted by molar-refractivity contribution is 9.10. The van der Waals surface area contributed by atoms with Gasteiger partial charge < -0.3 is 10.3 Å². The van der Waals surface area contributed by atoms with Gasteiger partial charge in [-0.15, -0.1) is 0 Å². The van der Waals surface area contributed by atoms with Crippen LogP contribution in [0.25, 0.3) is 0 Å². The molecular weight excluding hydrogens is 304 g/mol. The third-order valence-electron chi connectivity index (χ3n) is 2.12. The number of nitro groups is 1. The molecule has 0 aliphatic carbocycles. The van der Waals surface area contributed by atoms with Gasteiger partial charge in [0, 0.05) is 10.2 Å². The fourth-order valence-electron chi connectivity index (χ4n) is 1.32. The van der Waals surface area contributed by atoms with Crippen molar-refractivity contribution in [1.82, 2.24) is 9.97 Å². The first-order valence-corrected chi connectivity index (χ1v) is 5.62. The number of rotatable bonds is 3. The lowest BCUT2D eigenvalue weighted by atomic mass is 10.3. The Morgan fingerprint density at radius 2 is 2.00 bits per heavy atom. The summed E-state index contributed by atoms with van der Waals surface area (Å²) in [6, 6.07) is 6.94. The average molecular weight is 311 g/mol. The van der Waals surface area contributed by atoms with Crippen molar-refractivity contribution < 1.29 is 4.92 Å². The predicted molar refractivity (Wildman–Crippen MR) is 68.9 cm³/mol. The van der Waals surface area contributed by atoms with Gasteiger partial charge in [-0.1, -0.05) is 15.9 Å². The lowest BCUT2D eigenvalue weighted by molar-refractivity contribution is -0.385. The van der Waals surface area contributed by atoms with Gasteiger partial charge in [-0.3, -0.25) is 14.9 Å². The Morgan fingerprint density at radius 1 is 1.33 bits per heavy atom. The van der Waals surface area contributed by atoms with Crippen molar-refractivity contribution in [2.75, 3.05) is 5.32 Å². The van der Waals surface area contributed by atoms with E-state index in [1.807, 2.05) is 0 Å². The Bertz CT molecular complexity index is 638. The molecule has 7 nitrogen and oxygen atoms in total. The summed E-state index contributed by atoms with van der Waals surface area (Å²) in [7, 11) is 0. The zero-order valence-electron chi connectivity index (χ0n) is 8.88. The number of hydrogen-bond donors (Lipinski definition) is 2. The number of benzene rings is 1. The molecule has 0 atom stereocenters. The van der Waals surface area contributed by atoms with Crippen LogP contribution in [0.3, 0.4) is 0 Å². The van der Waals surface area contributed by atoms with Gasteiger partial charge >= 0.3 is 11.2 Å². The van der Waals surface area contributed by atoms with Gasteiger partial charge in [-0.05, 0) is 24.3 Å². The van der Waals surface area contributed by atoms with Gasteiger partial charge in [0.1, 0.15) is 0 Å². The van der Waals surface area contributed by atoms with Crippen LogP contribution in [0.4, 0.5) is 17.2 Å². The largest absolute Gasteiger partial charge is 0.376 e. The van der Waals surface area contributed by atoms with Crippen molar-refractivity contribution in [3.63, 3.8) is 0 Å². The number of anilines is 2. The molecule has 2 rings (SSSR count). The molecule has 1 heterocycles. The Balaban J connectivity index is 2.40. The number of aromatic amines is 1. The van der Waals surface area contributed by atoms with E-state index in [9.17, 15) is 14.9 Å². The van der Waals surface area contributed by atoms with Crippen LogP contribution >= 0.6 is 15.9 Å². The Labute approximate surface area is 109 Å². The van der Waals surface area contributed by atoms with Gasteiger partial charge in [-0.2, -0.15) is 0 Å². The van der Waals surface area contributed by atoms with E-state index >= 15 is 0 Å². The van der Waals surface area contributed by atoms with Gasteiger partial charge in [0.2, 0.25) is 5.82 Å². The summed E-state index contributed by atoms with van der Waals surface area (Å²) in [4.78, 5) is 27.3. The fourth-order valence-corrected chi connectivity index (χ4v) is 1.59. The van der Waals surface area contributed by atoms with Crippen LogP contribution in [0.5, 0.6) is 0 Å². The molecule has 0 saturated heterocycles. The number of aromatic nitrogens is 2. The van der Waals surface area contributed by atoms with E-state index in [1.165, 1.54) is 0 Å². The van der Waals surface area contributed by atoms with Gasteiger partial charge in [0.15, 0.2) is 0 Å². The smallest absolute Gasteiger partial charge is 0.334 e. The van der Waals surface area contributed by atoms with Gasteiger partial charge in [0.25, 0.3) is 0 Å². The minimum Gasteiger partial charge on any atom is -0.334 e. The molecule has 0 bridgehead atoms. The lowest BCUT2D eigenvalue weighted by Gasteiger charge is -2.04. The topological polar surface area (TPSA) is 101 Å². The second-order valence-electron chi connectivity index (χ2n) is 3.32. The molecule has 0 spiro atoms. The zero-order valence-corrected chi connectivity index (χ0v) is 10.5. The first-order valence-electron chi connectivity index (χ1n) is 4.82. The number of H-pyrrole nitrogens is 1. The lowest BCUT2D eigenvalue weighted by Crippen LogP contribution is -2.14. The Kier molecular flexibility index (Phi) is 3.38. The van der Waals surface area contributed by atoms with E-state index in [0.29, 0.717) is 5.69 Å². The molecule has 92 valence electrons. The molecule has 8 heteroatoms. The molecule has 18 heavy (non-hydrogen) atoms. The summed E-state index contributed by atoms with van der Waals surface area (Å²) in [5.41, 5.74) is -0.811. The highest BCUT2D eigenvalue weighted by Gasteiger charge is 2.20. The number of nitrogens with zero attached hydrogens (tertiary/aromatic N) is 2. The quantitative estimate of drug-likeness (QED) is 0.668. The van der Waals surface area contributed by atoms with Crippen LogP contribution in [-0.4, -0.2) is 14.9 Å². The van der Waals surface area contributed by atoms with Crippen molar-refractivity contribution in [3.8, 4) is 0 Å². The molecule has 2 N–H and O–H groups in total. The molecule has 0 radical (unpaired) electrons. The number of halogens is 1. The summed E-state index contributed by atoms with van der Waals surface area (Å²) >= 11 is 3.27. The van der Waals surface area contributed by atoms with E-state index in [2.05, 4.69) is 31.2 Å². The Morgan fingerprint density at radius 3 is 2.61 bits per heavy atom. The molecule has 0 amide bonds. The third kappa shape index (κ3) is 2.54. The van der Waals surface area contributed by atoms with E-state index in [-0.39, 0.29) is 5.82 Å². The average Bonchev–Trinajstić information content (AvgIpc) is 2.32. The number of nitrogens with one attached hydrogen (secondary N) is 2. The maximum atomic E-state index is 11.3. The molecular formula is C10H7BrN4O3. The highest BCUT2D eigenvalue weighted by atomic mass is 79.9. The second kappa shape index (κ2) is 4.96. The van der Waals surface area contributed by atoms with Crippen LogP contribution in [-0.2, 0) is 0 Å². The highest BCUT2D eigenvalue weighted by Crippen LogP contribution is 2.22. The summed E-state index contributed by atoms with van der Waals surface area (Å²) < 4.78 is 0.876. The van der Waals surface area contributed by atoms with Crippen molar-refractivity contribution in [2.24, 2.45) is 0 Å². The van der Waals surface area contributed by atoms with Crippen LogP contribution in [0, 0.1) is 10.1 Å². The minimum absolute atomic E-state index is 0.0916.